The van der Waals surface area contributed by atoms with Gasteiger partial charge in [-0.2, -0.15) is 0 Å². The molecule has 3 aromatic rings. The maximum absolute atomic E-state index is 11.4. The number of hydrogen-bond donors (Lipinski definition) is 2. The predicted octanol–water partition coefficient (Wildman–Crippen LogP) is 3.04. The van der Waals surface area contributed by atoms with Gasteiger partial charge in [0.25, 0.3) is 0 Å². The number of halogens is 1. The van der Waals surface area contributed by atoms with E-state index in [9.17, 15) is 8.42 Å². The molecule has 1 atom stereocenters. The molecule has 3 N–H and O–H groups in total. The summed E-state index contributed by atoms with van der Waals surface area (Å²) < 4.78 is 22.8. The van der Waals surface area contributed by atoms with E-state index in [2.05, 4.69) is 15.3 Å². The Kier molecular flexibility index (Phi) is 4.81. The molecule has 0 bridgehead atoms. The van der Waals surface area contributed by atoms with Crippen LogP contribution in [-0.2, 0) is 10.0 Å². The third-order valence-corrected chi connectivity index (χ3v) is 5.77. The fourth-order valence-corrected chi connectivity index (χ4v) is 3.82. The Bertz CT molecular complexity index is 945. The molecule has 0 aliphatic carbocycles. The summed E-state index contributed by atoms with van der Waals surface area (Å²) in [6.45, 7) is 0. The van der Waals surface area contributed by atoms with Crippen molar-refractivity contribution in [1.29, 1.82) is 0 Å². The largest absolute Gasteiger partial charge is 0.349 e. The molecular formula is C15H13ClN4O2S2. The summed E-state index contributed by atoms with van der Waals surface area (Å²) >= 11 is 7.05. The number of primary sulfonamides is 1. The van der Waals surface area contributed by atoms with Gasteiger partial charge < -0.3 is 5.32 Å². The first-order valence-electron chi connectivity index (χ1n) is 6.85. The Morgan fingerprint density at radius 2 is 2.00 bits per heavy atom. The van der Waals surface area contributed by atoms with E-state index in [4.69, 9.17) is 16.7 Å². The maximum Gasteiger partial charge on any atom is 0.249 e. The van der Waals surface area contributed by atoms with E-state index in [1.165, 1.54) is 6.20 Å². The number of rotatable bonds is 5. The van der Waals surface area contributed by atoms with Gasteiger partial charge in [0.1, 0.15) is 0 Å². The number of anilines is 1. The number of thiazole rings is 1. The normalized spacial score (nSPS) is 12.8. The molecule has 124 valence electrons. The van der Waals surface area contributed by atoms with Gasteiger partial charge in [-0.05, 0) is 29.8 Å². The van der Waals surface area contributed by atoms with Gasteiger partial charge in [-0.25, -0.2) is 18.5 Å². The number of hydrogen-bond acceptors (Lipinski definition) is 6. The molecule has 2 heterocycles. The molecule has 0 saturated carbocycles. The van der Waals surface area contributed by atoms with Crippen molar-refractivity contribution in [3.63, 3.8) is 0 Å². The summed E-state index contributed by atoms with van der Waals surface area (Å²) in [5.41, 5.74) is 1.64. The van der Waals surface area contributed by atoms with Gasteiger partial charge in [0.2, 0.25) is 10.0 Å². The van der Waals surface area contributed by atoms with Crippen molar-refractivity contribution in [3.05, 3.63) is 71.1 Å². The van der Waals surface area contributed by atoms with Crippen LogP contribution in [0.2, 0.25) is 5.02 Å². The summed E-state index contributed by atoms with van der Waals surface area (Å²) in [5.74, 6) is 0. The predicted molar refractivity (Wildman–Crippen MR) is 94.6 cm³/mol. The third-order valence-electron chi connectivity index (χ3n) is 3.20. The molecule has 0 saturated heterocycles. The standard InChI is InChI=1S/C15H13ClN4O2S2/c16-11-5-3-4-10(8-11)14(12-6-1-2-7-18-12)20-15-19-9-13(23-15)24(17,21)22/h1-9,14H,(H,19,20)(H2,17,21,22). The van der Waals surface area contributed by atoms with Crippen LogP contribution in [0.4, 0.5) is 5.13 Å². The van der Waals surface area contributed by atoms with E-state index >= 15 is 0 Å². The first-order chi connectivity index (χ1) is 11.4. The Morgan fingerprint density at radius 3 is 2.62 bits per heavy atom. The van der Waals surface area contributed by atoms with Crippen molar-refractivity contribution in [3.8, 4) is 0 Å². The number of nitrogens with zero attached hydrogens (tertiary/aromatic N) is 2. The van der Waals surface area contributed by atoms with E-state index in [0.717, 1.165) is 22.6 Å². The summed E-state index contributed by atoms with van der Waals surface area (Å²) in [6.07, 6.45) is 2.92. The van der Waals surface area contributed by atoms with Gasteiger partial charge in [-0.1, -0.05) is 41.1 Å². The van der Waals surface area contributed by atoms with Gasteiger partial charge >= 0.3 is 0 Å². The summed E-state index contributed by atoms with van der Waals surface area (Å²) in [5, 5.41) is 9.35. The van der Waals surface area contributed by atoms with Crippen LogP contribution in [0.1, 0.15) is 17.3 Å². The zero-order valence-electron chi connectivity index (χ0n) is 12.3. The lowest BCUT2D eigenvalue weighted by Crippen LogP contribution is -2.13. The molecular weight excluding hydrogens is 368 g/mol. The van der Waals surface area contributed by atoms with Crippen LogP contribution < -0.4 is 10.5 Å². The van der Waals surface area contributed by atoms with Crippen molar-refractivity contribution in [2.24, 2.45) is 5.14 Å². The average Bonchev–Trinajstić information content (AvgIpc) is 3.02. The molecule has 0 spiro atoms. The molecule has 0 aliphatic rings. The Balaban J connectivity index is 1.98. The highest BCUT2D eigenvalue weighted by Crippen LogP contribution is 2.30. The molecule has 3 rings (SSSR count). The van der Waals surface area contributed by atoms with Crippen molar-refractivity contribution in [2.75, 3.05) is 5.32 Å². The third kappa shape index (κ3) is 3.90. The van der Waals surface area contributed by atoms with E-state index in [1.54, 1.807) is 12.3 Å². The van der Waals surface area contributed by atoms with Gasteiger partial charge in [0.15, 0.2) is 9.34 Å². The topological polar surface area (TPSA) is 98.0 Å². The number of benzene rings is 1. The first-order valence-corrected chi connectivity index (χ1v) is 9.59. The van der Waals surface area contributed by atoms with Crippen LogP contribution in [0, 0.1) is 0 Å². The highest BCUT2D eigenvalue weighted by Gasteiger charge is 2.19. The molecule has 0 radical (unpaired) electrons. The van der Waals surface area contributed by atoms with Crippen LogP contribution in [0.5, 0.6) is 0 Å². The number of nitrogens with one attached hydrogen (secondary N) is 1. The highest BCUT2D eigenvalue weighted by molar-refractivity contribution is 7.91. The second kappa shape index (κ2) is 6.86. The minimum absolute atomic E-state index is 0.00383. The second-order valence-corrected chi connectivity index (χ2v) is 8.17. The SMILES string of the molecule is NS(=O)(=O)c1cnc(NC(c2cccc(Cl)c2)c2ccccn2)s1. The molecule has 0 aliphatic heterocycles. The lowest BCUT2D eigenvalue weighted by molar-refractivity contribution is 0.599. The number of sulfonamides is 1. The Morgan fingerprint density at radius 1 is 1.17 bits per heavy atom. The summed E-state index contributed by atoms with van der Waals surface area (Å²) in [4.78, 5) is 8.45. The Labute approximate surface area is 148 Å². The van der Waals surface area contributed by atoms with Crippen molar-refractivity contribution < 1.29 is 8.42 Å². The van der Waals surface area contributed by atoms with E-state index in [1.807, 2.05) is 36.4 Å². The lowest BCUT2D eigenvalue weighted by Gasteiger charge is -2.18. The average molecular weight is 381 g/mol. The molecule has 6 nitrogen and oxygen atoms in total. The molecule has 2 aromatic heterocycles. The maximum atomic E-state index is 11.4. The minimum atomic E-state index is -3.77. The Hall–Kier alpha value is -2.00. The van der Waals surface area contributed by atoms with Crippen molar-refractivity contribution in [1.82, 2.24) is 9.97 Å². The summed E-state index contributed by atoms with van der Waals surface area (Å²) in [7, 11) is -3.77. The molecule has 0 amide bonds. The van der Waals surface area contributed by atoms with Gasteiger partial charge in [0.05, 0.1) is 17.9 Å². The van der Waals surface area contributed by atoms with Crippen LogP contribution >= 0.6 is 22.9 Å². The van der Waals surface area contributed by atoms with Gasteiger partial charge in [0, 0.05) is 11.2 Å². The molecule has 24 heavy (non-hydrogen) atoms. The van der Waals surface area contributed by atoms with Gasteiger partial charge in [-0.15, -0.1) is 0 Å². The fraction of sp³-hybridized carbons (Fsp3) is 0.0667. The molecule has 9 heteroatoms. The van der Waals surface area contributed by atoms with Crippen LogP contribution in [-0.4, -0.2) is 18.4 Å². The summed E-state index contributed by atoms with van der Waals surface area (Å²) in [6, 6.07) is 12.6. The van der Waals surface area contributed by atoms with Crippen molar-refractivity contribution in [2.45, 2.75) is 10.3 Å². The van der Waals surface area contributed by atoms with Crippen LogP contribution in [0.25, 0.3) is 0 Å². The number of nitrogens with two attached hydrogens (primary N) is 1. The second-order valence-electron chi connectivity index (χ2n) is 4.92. The quantitative estimate of drug-likeness (QED) is 0.708. The molecule has 1 unspecified atom stereocenters. The number of aromatic nitrogens is 2. The van der Waals surface area contributed by atoms with Gasteiger partial charge in [-0.3, -0.25) is 4.98 Å². The van der Waals surface area contributed by atoms with Crippen LogP contribution in [0.15, 0.2) is 59.1 Å². The minimum Gasteiger partial charge on any atom is -0.349 e. The highest BCUT2D eigenvalue weighted by atomic mass is 35.5. The first kappa shape index (κ1) is 16.8. The molecule has 1 aromatic carbocycles. The fourth-order valence-electron chi connectivity index (χ4n) is 2.14. The van der Waals surface area contributed by atoms with Crippen molar-refractivity contribution >= 4 is 38.1 Å². The molecule has 0 fully saturated rings. The van der Waals surface area contributed by atoms with E-state index < -0.39 is 10.0 Å². The number of pyridine rings is 1. The van der Waals surface area contributed by atoms with E-state index in [-0.39, 0.29) is 10.3 Å². The lowest BCUT2D eigenvalue weighted by atomic mass is 10.0. The van der Waals surface area contributed by atoms with Crippen LogP contribution in [0.3, 0.4) is 0 Å². The van der Waals surface area contributed by atoms with E-state index in [0.29, 0.717) is 10.2 Å². The zero-order valence-corrected chi connectivity index (χ0v) is 14.6. The zero-order chi connectivity index (χ0) is 17.2. The monoisotopic (exact) mass is 380 g/mol. The smallest absolute Gasteiger partial charge is 0.249 e.